The molecule has 1 aliphatic rings. The third-order valence-corrected chi connectivity index (χ3v) is 5.15. The summed E-state index contributed by atoms with van der Waals surface area (Å²) in [7, 11) is 0. The summed E-state index contributed by atoms with van der Waals surface area (Å²) in [5.74, 6) is 0.178. The lowest BCUT2D eigenvalue weighted by Gasteiger charge is -2.17. The fourth-order valence-electron chi connectivity index (χ4n) is 3.17. The van der Waals surface area contributed by atoms with E-state index in [1.807, 2.05) is 25.7 Å². The first-order valence-electron chi connectivity index (χ1n) is 7.67. The summed E-state index contributed by atoms with van der Waals surface area (Å²) < 4.78 is 2.07. The highest BCUT2D eigenvalue weighted by atomic mass is 32.1. The lowest BCUT2D eigenvalue weighted by atomic mass is 10.2. The summed E-state index contributed by atoms with van der Waals surface area (Å²) >= 11 is 1.66. The summed E-state index contributed by atoms with van der Waals surface area (Å²) in [4.78, 5) is 20.1. The zero-order valence-corrected chi connectivity index (χ0v) is 14.4. The van der Waals surface area contributed by atoms with Crippen molar-refractivity contribution in [3.8, 4) is 0 Å². The van der Waals surface area contributed by atoms with Gasteiger partial charge in [-0.05, 0) is 40.2 Å². The molecule has 0 N–H and O–H groups in total. The Morgan fingerprint density at radius 1 is 1.36 bits per heavy atom. The molecule has 1 atom stereocenters. The monoisotopic (exact) mass is 318 g/mol. The molecule has 0 radical (unpaired) electrons. The lowest BCUT2D eigenvalue weighted by molar-refractivity contribution is -0.129. The number of aryl methyl sites for hydroxylation is 4. The smallest absolute Gasteiger partial charge is 0.228 e. The molecule has 1 aliphatic heterocycles. The average molecular weight is 318 g/mol. The first-order chi connectivity index (χ1) is 10.4. The van der Waals surface area contributed by atoms with E-state index in [1.54, 1.807) is 11.3 Å². The zero-order chi connectivity index (χ0) is 15.9. The highest BCUT2D eigenvalue weighted by molar-refractivity contribution is 7.11. The molecule has 1 fully saturated rings. The number of likely N-dealkylation sites (tertiary alicyclic amines) is 1. The van der Waals surface area contributed by atoms with Crippen LogP contribution in [0, 0.1) is 27.7 Å². The van der Waals surface area contributed by atoms with Gasteiger partial charge in [0.2, 0.25) is 5.91 Å². The minimum atomic E-state index is 0.178. The molecule has 118 valence electrons. The summed E-state index contributed by atoms with van der Waals surface area (Å²) in [6.45, 7) is 9.67. The van der Waals surface area contributed by atoms with Crippen LogP contribution in [0.2, 0.25) is 0 Å². The Balaban J connectivity index is 1.66. The van der Waals surface area contributed by atoms with E-state index in [4.69, 9.17) is 0 Å². The predicted molar refractivity (Wildman–Crippen MR) is 87.2 cm³/mol. The van der Waals surface area contributed by atoms with E-state index in [2.05, 4.69) is 27.8 Å². The highest BCUT2D eigenvalue weighted by Gasteiger charge is 2.29. The molecule has 22 heavy (non-hydrogen) atoms. The molecule has 1 amide bonds. The van der Waals surface area contributed by atoms with Gasteiger partial charge in [0.1, 0.15) is 0 Å². The fraction of sp³-hybridized carbons (Fsp3) is 0.562. The maximum atomic E-state index is 12.5. The number of hydrogen-bond donors (Lipinski definition) is 0. The van der Waals surface area contributed by atoms with E-state index < -0.39 is 0 Å². The van der Waals surface area contributed by atoms with E-state index in [0.29, 0.717) is 12.5 Å². The number of carbonyl (C=O) groups is 1. The van der Waals surface area contributed by atoms with Gasteiger partial charge in [-0.3, -0.25) is 9.48 Å². The number of hydrogen-bond acceptors (Lipinski definition) is 4. The van der Waals surface area contributed by atoms with Gasteiger partial charge in [0, 0.05) is 23.7 Å². The van der Waals surface area contributed by atoms with E-state index in [0.717, 1.165) is 40.8 Å². The van der Waals surface area contributed by atoms with Crippen molar-refractivity contribution in [2.45, 2.75) is 46.6 Å². The Hall–Kier alpha value is -1.69. The maximum Gasteiger partial charge on any atom is 0.228 e. The number of rotatable bonds is 3. The van der Waals surface area contributed by atoms with Crippen molar-refractivity contribution >= 4 is 17.2 Å². The molecule has 0 aliphatic carbocycles. The molecular weight excluding hydrogens is 296 g/mol. The Bertz CT molecular complexity index is 703. The maximum absolute atomic E-state index is 12.5. The third kappa shape index (κ3) is 2.92. The van der Waals surface area contributed by atoms with Gasteiger partial charge in [0.15, 0.2) is 0 Å². The van der Waals surface area contributed by atoms with Gasteiger partial charge in [-0.2, -0.15) is 5.10 Å². The first-order valence-corrected chi connectivity index (χ1v) is 8.49. The minimum Gasteiger partial charge on any atom is -0.340 e. The number of thiazole rings is 1. The van der Waals surface area contributed by atoms with Crippen molar-refractivity contribution in [1.82, 2.24) is 19.7 Å². The van der Waals surface area contributed by atoms with Crippen LogP contribution in [-0.2, 0) is 11.2 Å². The van der Waals surface area contributed by atoms with Crippen LogP contribution < -0.4 is 0 Å². The SMILES string of the molecule is Cc1cc(C)n(C2CCN(C(=O)Cc3nc(C)sc3C)C2)n1. The topological polar surface area (TPSA) is 51.0 Å². The second kappa shape index (κ2) is 5.83. The van der Waals surface area contributed by atoms with Crippen molar-refractivity contribution in [1.29, 1.82) is 0 Å². The van der Waals surface area contributed by atoms with Crippen LogP contribution in [0.1, 0.15) is 39.4 Å². The zero-order valence-electron chi connectivity index (χ0n) is 13.6. The van der Waals surface area contributed by atoms with Crippen molar-refractivity contribution < 1.29 is 4.79 Å². The molecule has 3 heterocycles. The van der Waals surface area contributed by atoms with Crippen LogP contribution in [0.15, 0.2) is 6.07 Å². The second-order valence-corrected chi connectivity index (χ2v) is 7.47. The fourth-order valence-corrected chi connectivity index (χ4v) is 4.01. The summed E-state index contributed by atoms with van der Waals surface area (Å²) in [6.07, 6.45) is 1.39. The van der Waals surface area contributed by atoms with E-state index in [-0.39, 0.29) is 5.91 Å². The Labute approximate surface area is 135 Å². The summed E-state index contributed by atoms with van der Waals surface area (Å²) in [6, 6.07) is 2.39. The number of amides is 1. The Morgan fingerprint density at radius 3 is 2.73 bits per heavy atom. The van der Waals surface area contributed by atoms with Gasteiger partial charge in [-0.1, -0.05) is 0 Å². The van der Waals surface area contributed by atoms with Gasteiger partial charge in [-0.25, -0.2) is 4.98 Å². The minimum absolute atomic E-state index is 0.178. The molecule has 1 unspecified atom stereocenters. The van der Waals surface area contributed by atoms with E-state index in [9.17, 15) is 4.79 Å². The number of nitrogens with zero attached hydrogens (tertiary/aromatic N) is 4. The largest absolute Gasteiger partial charge is 0.340 e. The van der Waals surface area contributed by atoms with Gasteiger partial charge in [0.25, 0.3) is 0 Å². The number of aromatic nitrogens is 3. The molecular formula is C16H22N4OS. The van der Waals surface area contributed by atoms with Gasteiger partial charge >= 0.3 is 0 Å². The molecule has 2 aromatic rings. The molecule has 0 spiro atoms. The summed E-state index contributed by atoms with van der Waals surface area (Å²) in [5.41, 5.74) is 3.14. The molecule has 3 rings (SSSR count). The summed E-state index contributed by atoms with van der Waals surface area (Å²) in [5, 5.41) is 5.59. The highest BCUT2D eigenvalue weighted by Crippen LogP contribution is 2.24. The van der Waals surface area contributed by atoms with Crippen LogP contribution in [0.5, 0.6) is 0 Å². The van der Waals surface area contributed by atoms with Crippen LogP contribution >= 0.6 is 11.3 Å². The second-order valence-electron chi connectivity index (χ2n) is 6.07. The predicted octanol–water partition coefficient (Wildman–Crippen LogP) is 2.59. The van der Waals surface area contributed by atoms with Gasteiger partial charge < -0.3 is 4.90 Å². The quantitative estimate of drug-likeness (QED) is 0.874. The molecule has 6 heteroatoms. The standard InChI is InChI=1S/C16H22N4OS/c1-10-7-11(2)20(18-10)14-5-6-19(9-14)16(21)8-15-12(3)22-13(4)17-15/h7,14H,5-6,8-9H2,1-4H3. The van der Waals surface area contributed by atoms with Crippen LogP contribution in [0.25, 0.3) is 0 Å². The first kappa shape index (κ1) is 15.2. The van der Waals surface area contributed by atoms with Crippen molar-refractivity contribution in [3.63, 3.8) is 0 Å². The van der Waals surface area contributed by atoms with Crippen LogP contribution in [0.3, 0.4) is 0 Å². The Kier molecular flexibility index (Phi) is 4.04. The van der Waals surface area contributed by atoms with E-state index in [1.165, 1.54) is 5.69 Å². The normalized spacial score (nSPS) is 18.2. The molecule has 0 aromatic carbocycles. The number of carbonyl (C=O) groups excluding carboxylic acids is 1. The molecule has 5 nitrogen and oxygen atoms in total. The van der Waals surface area contributed by atoms with Crippen molar-refractivity contribution in [2.24, 2.45) is 0 Å². The van der Waals surface area contributed by atoms with Crippen LogP contribution in [0.4, 0.5) is 0 Å². The Morgan fingerprint density at radius 2 is 2.14 bits per heavy atom. The van der Waals surface area contributed by atoms with E-state index >= 15 is 0 Å². The van der Waals surface area contributed by atoms with Crippen molar-refractivity contribution in [3.05, 3.63) is 33.0 Å². The average Bonchev–Trinajstić information content (AvgIpc) is 3.10. The molecule has 1 saturated heterocycles. The lowest BCUT2D eigenvalue weighted by Crippen LogP contribution is -2.31. The molecule has 2 aromatic heterocycles. The van der Waals surface area contributed by atoms with Crippen molar-refractivity contribution in [2.75, 3.05) is 13.1 Å². The molecule has 0 bridgehead atoms. The van der Waals surface area contributed by atoms with Gasteiger partial charge in [-0.15, -0.1) is 11.3 Å². The van der Waals surface area contributed by atoms with Crippen LogP contribution in [-0.4, -0.2) is 38.7 Å². The molecule has 0 saturated carbocycles. The van der Waals surface area contributed by atoms with Gasteiger partial charge in [0.05, 0.1) is 28.9 Å². The third-order valence-electron chi connectivity index (χ3n) is 4.22.